The molecular formula is C20H22N2O3S2. The van der Waals surface area contributed by atoms with Gasteiger partial charge in [-0.05, 0) is 43.2 Å². The summed E-state index contributed by atoms with van der Waals surface area (Å²) in [5.74, 6) is -0.271. The van der Waals surface area contributed by atoms with Crippen molar-refractivity contribution in [3.8, 4) is 6.07 Å². The van der Waals surface area contributed by atoms with Gasteiger partial charge >= 0.3 is 0 Å². The van der Waals surface area contributed by atoms with E-state index in [0.717, 1.165) is 36.8 Å². The molecule has 27 heavy (non-hydrogen) atoms. The Kier molecular flexibility index (Phi) is 6.30. The fourth-order valence-corrected chi connectivity index (χ4v) is 6.00. The van der Waals surface area contributed by atoms with Gasteiger partial charge in [-0.1, -0.05) is 30.3 Å². The lowest BCUT2D eigenvalue weighted by Crippen LogP contribution is -2.15. The molecule has 0 atom stereocenters. The van der Waals surface area contributed by atoms with E-state index < -0.39 is 9.84 Å². The van der Waals surface area contributed by atoms with Gasteiger partial charge in [0.25, 0.3) is 0 Å². The molecule has 7 heteroatoms. The lowest BCUT2D eigenvalue weighted by atomic mass is 9.96. The first-order chi connectivity index (χ1) is 13.0. The van der Waals surface area contributed by atoms with E-state index in [1.165, 1.54) is 16.2 Å². The number of nitrogens with one attached hydrogen (secondary N) is 1. The Labute approximate surface area is 164 Å². The number of aryl methyl sites for hydroxylation is 1. The van der Waals surface area contributed by atoms with Crippen molar-refractivity contribution in [3.63, 3.8) is 0 Å². The quantitative estimate of drug-likeness (QED) is 0.762. The van der Waals surface area contributed by atoms with Gasteiger partial charge < -0.3 is 5.32 Å². The molecule has 3 rings (SSSR count). The van der Waals surface area contributed by atoms with Crippen molar-refractivity contribution in [2.75, 3.05) is 11.1 Å². The smallest absolute Gasteiger partial charge is 0.225 e. The molecule has 1 aliphatic carbocycles. The fourth-order valence-electron chi connectivity index (χ4n) is 3.31. The molecule has 0 saturated heterocycles. The number of carbonyl (C=O) groups is 1. The molecule has 2 aromatic rings. The first-order valence-corrected chi connectivity index (χ1v) is 11.7. The average Bonchev–Trinajstić information content (AvgIpc) is 2.98. The highest BCUT2D eigenvalue weighted by Crippen LogP contribution is 2.37. The third-order valence-electron chi connectivity index (χ3n) is 4.62. The van der Waals surface area contributed by atoms with E-state index in [9.17, 15) is 18.5 Å². The van der Waals surface area contributed by atoms with Crippen LogP contribution in [-0.2, 0) is 33.2 Å². The molecule has 5 nitrogen and oxygen atoms in total. The van der Waals surface area contributed by atoms with E-state index in [2.05, 4.69) is 11.4 Å². The second-order valence-corrected chi connectivity index (χ2v) is 10.0. The van der Waals surface area contributed by atoms with Crippen LogP contribution in [0.1, 0.15) is 47.3 Å². The van der Waals surface area contributed by atoms with Crippen LogP contribution in [0, 0.1) is 11.3 Å². The van der Waals surface area contributed by atoms with Crippen LogP contribution in [0.4, 0.5) is 5.00 Å². The summed E-state index contributed by atoms with van der Waals surface area (Å²) < 4.78 is 24.4. The summed E-state index contributed by atoms with van der Waals surface area (Å²) in [5, 5.41) is 12.9. The van der Waals surface area contributed by atoms with Gasteiger partial charge in [0.1, 0.15) is 11.1 Å². The van der Waals surface area contributed by atoms with Crippen LogP contribution in [0.25, 0.3) is 0 Å². The molecule has 1 heterocycles. The zero-order valence-corrected chi connectivity index (χ0v) is 16.7. The van der Waals surface area contributed by atoms with E-state index >= 15 is 0 Å². The lowest BCUT2D eigenvalue weighted by molar-refractivity contribution is -0.116. The van der Waals surface area contributed by atoms with Crippen LogP contribution >= 0.6 is 11.3 Å². The minimum atomic E-state index is -3.25. The second kappa shape index (κ2) is 8.68. The van der Waals surface area contributed by atoms with Gasteiger partial charge in [0.05, 0.1) is 17.1 Å². The van der Waals surface area contributed by atoms with Gasteiger partial charge in [0.2, 0.25) is 5.91 Å². The normalized spacial score (nSPS) is 13.6. The third kappa shape index (κ3) is 5.18. The number of hydrogen-bond donors (Lipinski definition) is 1. The van der Waals surface area contributed by atoms with Crippen LogP contribution in [-0.4, -0.2) is 20.1 Å². The van der Waals surface area contributed by atoms with Gasteiger partial charge in [-0.25, -0.2) is 8.42 Å². The highest BCUT2D eigenvalue weighted by atomic mass is 32.2. The highest BCUT2D eigenvalue weighted by Gasteiger charge is 2.22. The van der Waals surface area contributed by atoms with Crippen molar-refractivity contribution < 1.29 is 13.2 Å². The summed E-state index contributed by atoms with van der Waals surface area (Å²) in [5.41, 5.74) is 2.42. The highest BCUT2D eigenvalue weighted by molar-refractivity contribution is 7.90. The summed E-state index contributed by atoms with van der Waals surface area (Å²) in [6.45, 7) is 0. The van der Waals surface area contributed by atoms with Gasteiger partial charge in [-0.2, -0.15) is 5.26 Å². The molecule has 1 N–H and O–H groups in total. The third-order valence-corrected chi connectivity index (χ3v) is 7.52. The molecule has 1 aromatic heterocycles. The van der Waals surface area contributed by atoms with Crippen molar-refractivity contribution in [2.45, 2.75) is 44.3 Å². The molecule has 0 aliphatic heterocycles. The molecule has 1 amide bonds. The number of hydrogen-bond acceptors (Lipinski definition) is 5. The summed E-state index contributed by atoms with van der Waals surface area (Å²) >= 11 is 1.48. The lowest BCUT2D eigenvalue weighted by Gasteiger charge is -2.09. The number of benzene rings is 1. The van der Waals surface area contributed by atoms with Crippen LogP contribution in [0.15, 0.2) is 30.3 Å². The number of nitriles is 1. The maximum atomic E-state index is 12.2. The van der Waals surface area contributed by atoms with Gasteiger partial charge in [0.15, 0.2) is 9.84 Å². The van der Waals surface area contributed by atoms with Crippen LogP contribution in [0.3, 0.4) is 0 Å². The van der Waals surface area contributed by atoms with E-state index in [-0.39, 0.29) is 30.3 Å². The topological polar surface area (TPSA) is 87.0 Å². The standard InChI is InChI=1S/C20H22N2O3S2/c21-13-17-16-9-4-5-10-18(16)26-20(17)22-19(23)11-6-12-27(24,25)14-15-7-2-1-3-8-15/h1-3,7-8H,4-6,9-12,14H2,(H,22,23). The van der Waals surface area contributed by atoms with E-state index in [1.54, 1.807) is 12.1 Å². The average molecular weight is 403 g/mol. The van der Waals surface area contributed by atoms with Crippen LogP contribution in [0.2, 0.25) is 0 Å². The van der Waals surface area contributed by atoms with Gasteiger partial charge in [0, 0.05) is 11.3 Å². The molecule has 142 valence electrons. The number of nitrogens with zero attached hydrogens (tertiary/aromatic N) is 1. The summed E-state index contributed by atoms with van der Waals surface area (Å²) in [6.07, 6.45) is 4.44. The number of rotatable bonds is 7. The largest absolute Gasteiger partial charge is 0.317 e. The molecule has 1 aliphatic rings. The first-order valence-electron chi connectivity index (χ1n) is 9.07. The van der Waals surface area contributed by atoms with Crippen molar-refractivity contribution in [1.82, 2.24) is 0 Å². The number of fused-ring (bicyclic) bond motifs is 1. The Balaban J connectivity index is 1.53. The van der Waals surface area contributed by atoms with Crippen LogP contribution in [0.5, 0.6) is 0 Å². The number of anilines is 1. The maximum Gasteiger partial charge on any atom is 0.225 e. The van der Waals surface area contributed by atoms with Crippen molar-refractivity contribution >= 4 is 32.1 Å². The van der Waals surface area contributed by atoms with Crippen molar-refractivity contribution in [3.05, 3.63) is 51.9 Å². The summed E-state index contributed by atoms with van der Waals surface area (Å²) in [6, 6.07) is 11.3. The second-order valence-electron chi connectivity index (χ2n) is 6.76. The van der Waals surface area contributed by atoms with Crippen molar-refractivity contribution in [1.29, 1.82) is 5.26 Å². The van der Waals surface area contributed by atoms with E-state index in [1.807, 2.05) is 18.2 Å². The predicted molar refractivity (Wildman–Crippen MR) is 107 cm³/mol. The molecule has 0 fully saturated rings. The maximum absolute atomic E-state index is 12.2. The molecule has 0 bridgehead atoms. The monoisotopic (exact) mass is 402 g/mol. The molecular weight excluding hydrogens is 380 g/mol. The Bertz CT molecular complexity index is 957. The Morgan fingerprint density at radius 3 is 2.67 bits per heavy atom. The van der Waals surface area contributed by atoms with E-state index in [0.29, 0.717) is 10.6 Å². The molecule has 1 aromatic carbocycles. The molecule has 0 spiro atoms. The Morgan fingerprint density at radius 2 is 1.93 bits per heavy atom. The fraction of sp³-hybridized carbons (Fsp3) is 0.400. The van der Waals surface area contributed by atoms with Gasteiger partial charge in [-0.3, -0.25) is 4.79 Å². The zero-order valence-electron chi connectivity index (χ0n) is 15.0. The number of carbonyl (C=O) groups excluding carboxylic acids is 1. The molecule has 0 radical (unpaired) electrons. The minimum absolute atomic E-state index is 0.00825. The van der Waals surface area contributed by atoms with Gasteiger partial charge in [-0.15, -0.1) is 11.3 Å². The number of thiophene rings is 1. The Hall–Kier alpha value is -2.17. The molecule has 0 saturated carbocycles. The Morgan fingerprint density at radius 1 is 1.19 bits per heavy atom. The predicted octanol–water partition coefficient (Wildman–Crippen LogP) is 3.83. The number of amides is 1. The summed E-state index contributed by atoms with van der Waals surface area (Å²) in [4.78, 5) is 13.4. The van der Waals surface area contributed by atoms with Crippen molar-refractivity contribution in [2.24, 2.45) is 0 Å². The summed E-state index contributed by atoms with van der Waals surface area (Å²) in [7, 11) is -3.25. The van der Waals surface area contributed by atoms with Crippen LogP contribution < -0.4 is 5.32 Å². The zero-order chi connectivity index (χ0) is 19.3. The minimum Gasteiger partial charge on any atom is -0.317 e. The number of sulfone groups is 1. The van der Waals surface area contributed by atoms with E-state index in [4.69, 9.17) is 0 Å². The SMILES string of the molecule is N#Cc1c(NC(=O)CCCS(=O)(=O)Cc2ccccc2)sc2c1CCCC2. The first kappa shape index (κ1) is 19.6. The molecule has 0 unspecified atom stereocenters.